The van der Waals surface area contributed by atoms with Crippen LogP contribution in [0.25, 0.3) is 11.5 Å². The van der Waals surface area contributed by atoms with Gasteiger partial charge in [0.25, 0.3) is 11.1 Å². The topological polar surface area (TPSA) is 71.3 Å². The van der Waals surface area contributed by atoms with Crippen molar-refractivity contribution in [3.05, 3.63) is 54.3 Å². The Morgan fingerprint density at radius 3 is 2.58 bits per heavy atom. The number of carbonyl (C=O) groups excluding carboxylic acids is 1. The van der Waals surface area contributed by atoms with Gasteiger partial charge in [-0.25, -0.2) is 4.39 Å². The molecule has 0 fully saturated rings. The average Bonchev–Trinajstić information content (AvgIpc) is 3.09. The Labute approximate surface area is 154 Å². The number of nitrogens with one attached hydrogen (secondary N) is 1. The van der Waals surface area contributed by atoms with Crippen molar-refractivity contribution in [2.75, 3.05) is 30.1 Å². The lowest BCUT2D eigenvalue weighted by atomic mass is 10.2. The Hall–Kier alpha value is -2.87. The maximum absolute atomic E-state index is 13.7. The molecule has 1 heterocycles. The second kappa shape index (κ2) is 8.01. The molecule has 3 rings (SSSR count). The van der Waals surface area contributed by atoms with Crippen LogP contribution in [0.3, 0.4) is 0 Å². The van der Waals surface area contributed by atoms with Gasteiger partial charge in [-0.1, -0.05) is 23.9 Å². The Balaban J connectivity index is 1.56. The molecule has 1 amide bonds. The zero-order valence-electron chi connectivity index (χ0n) is 14.3. The van der Waals surface area contributed by atoms with E-state index in [2.05, 4.69) is 15.5 Å². The highest BCUT2D eigenvalue weighted by atomic mass is 32.2. The van der Waals surface area contributed by atoms with E-state index in [4.69, 9.17) is 4.42 Å². The standard InChI is InChI=1S/C18H17FN4O2S/c1-23(2)13-9-7-12(8-10-13)20-16(24)11-26-18-22-21-17(25-18)14-5-3-4-6-15(14)19/h3-10H,11H2,1-2H3,(H,20,24). The number of nitrogens with zero attached hydrogens (tertiary/aromatic N) is 3. The minimum atomic E-state index is -0.438. The smallest absolute Gasteiger partial charge is 0.277 e. The van der Waals surface area contributed by atoms with Crippen molar-refractivity contribution in [3.8, 4) is 11.5 Å². The Bertz CT molecular complexity index is 896. The van der Waals surface area contributed by atoms with Crippen LogP contribution in [0.1, 0.15) is 0 Å². The van der Waals surface area contributed by atoms with E-state index in [1.54, 1.807) is 18.2 Å². The first-order valence-corrected chi connectivity index (χ1v) is 8.80. The van der Waals surface area contributed by atoms with Gasteiger partial charge >= 0.3 is 0 Å². The lowest BCUT2D eigenvalue weighted by Gasteiger charge is -2.12. The molecule has 0 aliphatic rings. The fourth-order valence-electron chi connectivity index (χ4n) is 2.18. The highest BCUT2D eigenvalue weighted by Gasteiger charge is 2.14. The summed E-state index contributed by atoms with van der Waals surface area (Å²) in [6, 6.07) is 13.7. The molecular weight excluding hydrogens is 355 g/mol. The van der Waals surface area contributed by atoms with Crippen LogP contribution in [0.4, 0.5) is 15.8 Å². The maximum Gasteiger partial charge on any atom is 0.277 e. The van der Waals surface area contributed by atoms with Gasteiger partial charge < -0.3 is 14.6 Å². The van der Waals surface area contributed by atoms with Crippen LogP contribution in [0.2, 0.25) is 0 Å². The van der Waals surface area contributed by atoms with Crippen LogP contribution in [-0.2, 0) is 4.79 Å². The predicted molar refractivity (Wildman–Crippen MR) is 99.8 cm³/mol. The second-order valence-corrected chi connectivity index (χ2v) is 6.56. The quantitative estimate of drug-likeness (QED) is 0.666. The normalized spacial score (nSPS) is 10.6. The van der Waals surface area contributed by atoms with E-state index in [0.717, 1.165) is 17.4 Å². The summed E-state index contributed by atoms with van der Waals surface area (Å²) in [5, 5.41) is 10.7. The molecule has 2 aromatic carbocycles. The molecule has 0 aliphatic carbocycles. The van der Waals surface area contributed by atoms with Crippen molar-refractivity contribution in [2.24, 2.45) is 0 Å². The molecule has 8 heteroatoms. The first kappa shape index (κ1) is 17.9. The largest absolute Gasteiger partial charge is 0.411 e. The van der Waals surface area contributed by atoms with E-state index in [9.17, 15) is 9.18 Å². The fourth-order valence-corrected chi connectivity index (χ4v) is 2.74. The van der Waals surface area contributed by atoms with E-state index in [1.165, 1.54) is 6.07 Å². The fraction of sp³-hybridized carbons (Fsp3) is 0.167. The van der Waals surface area contributed by atoms with E-state index >= 15 is 0 Å². The zero-order valence-corrected chi connectivity index (χ0v) is 15.1. The van der Waals surface area contributed by atoms with Gasteiger partial charge in [0.05, 0.1) is 11.3 Å². The molecule has 0 atom stereocenters. The molecule has 0 spiro atoms. The van der Waals surface area contributed by atoms with E-state index in [-0.39, 0.29) is 28.3 Å². The number of thioether (sulfide) groups is 1. The summed E-state index contributed by atoms with van der Waals surface area (Å²) in [5.41, 5.74) is 1.99. The molecule has 0 saturated heterocycles. The van der Waals surface area contributed by atoms with Gasteiger partial charge in [0, 0.05) is 25.5 Å². The first-order chi connectivity index (χ1) is 12.5. The van der Waals surface area contributed by atoms with Crippen LogP contribution in [0, 0.1) is 5.82 Å². The highest BCUT2D eigenvalue weighted by Crippen LogP contribution is 2.25. The van der Waals surface area contributed by atoms with Crippen molar-refractivity contribution in [1.29, 1.82) is 0 Å². The van der Waals surface area contributed by atoms with Gasteiger partial charge in [-0.3, -0.25) is 4.79 Å². The average molecular weight is 372 g/mol. The number of anilines is 2. The van der Waals surface area contributed by atoms with E-state index < -0.39 is 5.82 Å². The molecule has 1 aromatic heterocycles. The van der Waals surface area contributed by atoms with Crippen molar-refractivity contribution < 1.29 is 13.6 Å². The summed E-state index contributed by atoms with van der Waals surface area (Å²) in [4.78, 5) is 14.0. The van der Waals surface area contributed by atoms with Gasteiger partial charge in [0.15, 0.2) is 0 Å². The van der Waals surface area contributed by atoms with Crippen LogP contribution >= 0.6 is 11.8 Å². The first-order valence-electron chi connectivity index (χ1n) is 7.81. The molecule has 0 saturated carbocycles. The molecule has 1 N–H and O–H groups in total. The number of aromatic nitrogens is 2. The Kier molecular flexibility index (Phi) is 5.52. The maximum atomic E-state index is 13.7. The molecule has 0 aliphatic heterocycles. The third-order valence-electron chi connectivity index (χ3n) is 3.50. The summed E-state index contributed by atoms with van der Waals surface area (Å²) >= 11 is 1.09. The minimum Gasteiger partial charge on any atom is -0.411 e. The van der Waals surface area contributed by atoms with Crippen LogP contribution in [-0.4, -0.2) is 36.0 Å². The van der Waals surface area contributed by atoms with E-state index in [0.29, 0.717) is 5.69 Å². The third kappa shape index (κ3) is 4.40. The molecule has 134 valence electrons. The van der Waals surface area contributed by atoms with Crippen LogP contribution in [0.15, 0.2) is 58.2 Å². The lowest BCUT2D eigenvalue weighted by Crippen LogP contribution is -2.14. The summed E-state index contributed by atoms with van der Waals surface area (Å²) in [6.45, 7) is 0. The lowest BCUT2D eigenvalue weighted by molar-refractivity contribution is -0.113. The molecular formula is C18H17FN4O2S. The number of amides is 1. The summed E-state index contributed by atoms with van der Waals surface area (Å²) < 4.78 is 19.1. The van der Waals surface area contributed by atoms with Gasteiger partial charge in [-0.05, 0) is 36.4 Å². The van der Waals surface area contributed by atoms with Gasteiger partial charge in [-0.15, -0.1) is 10.2 Å². The number of carbonyl (C=O) groups is 1. The summed E-state index contributed by atoms with van der Waals surface area (Å²) in [7, 11) is 3.90. The van der Waals surface area contributed by atoms with Crippen molar-refractivity contribution in [2.45, 2.75) is 5.22 Å². The molecule has 0 unspecified atom stereocenters. The van der Waals surface area contributed by atoms with Gasteiger partial charge in [0.2, 0.25) is 5.91 Å². The number of rotatable bonds is 6. The number of hydrogen-bond acceptors (Lipinski definition) is 6. The molecule has 6 nitrogen and oxygen atoms in total. The Morgan fingerprint density at radius 1 is 1.15 bits per heavy atom. The SMILES string of the molecule is CN(C)c1ccc(NC(=O)CSc2nnc(-c3ccccc3F)o2)cc1. The van der Waals surface area contributed by atoms with Gasteiger partial charge in [0.1, 0.15) is 5.82 Å². The van der Waals surface area contributed by atoms with Crippen molar-refractivity contribution in [1.82, 2.24) is 10.2 Å². The minimum absolute atomic E-state index is 0.0882. The van der Waals surface area contributed by atoms with Gasteiger partial charge in [-0.2, -0.15) is 0 Å². The van der Waals surface area contributed by atoms with Crippen molar-refractivity contribution >= 4 is 29.0 Å². The monoisotopic (exact) mass is 372 g/mol. The molecule has 26 heavy (non-hydrogen) atoms. The second-order valence-electron chi connectivity index (χ2n) is 5.63. The van der Waals surface area contributed by atoms with Crippen LogP contribution in [0.5, 0.6) is 0 Å². The zero-order chi connectivity index (χ0) is 18.5. The Morgan fingerprint density at radius 2 is 1.88 bits per heavy atom. The molecule has 0 bridgehead atoms. The number of benzene rings is 2. The number of hydrogen-bond donors (Lipinski definition) is 1. The molecule has 3 aromatic rings. The third-order valence-corrected chi connectivity index (χ3v) is 4.32. The highest BCUT2D eigenvalue weighted by molar-refractivity contribution is 7.99. The molecule has 0 radical (unpaired) electrons. The number of halogens is 1. The van der Waals surface area contributed by atoms with E-state index in [1.807, 2.05) is 43.3 Å². The summed E-state index contributed by atoms with van der Waals surface area (Å²) in [6.07, 6.45) is 0. The summed E-state index contributed by atoms with van der Waals surface area (Å²) in [5.74, 6) is -0.441. The predicted octanol–water partition coefficient (Wildman–Crippen LogP) is 3.67. The van der Waals surface area contributed by atoms with Crippen molar-refractivity contribution in [3.63, 3.8) is 0 Å². The van der Waals surface area contributed by atoms with Crippen LogP contribution < -0.4 is 10.2 Å².